The first kappa shape index (κ1) is 15.3. The number of carbonyl (C=O) groups excluding carboxylic acids is 1. The van der Waals surface area contributed by atoms with Gasteiger partial charge in [-0.05, 0) is 0 Å². The molecule has 13 heavy (non-hydrogen) atoms. The van der Waals surface area contributed by atoms with Crippen LogP contribution < -0.4 is 56.5 Å². The third kappa shape index (κ3) is 11.8. The number of rotatable bonds is 1. The first-order valence-corrected chi connectivity index (χ1v) is 3.07. The van der Waals surface area contributed by atoms with E-state index in [1.54, 1.807) is 12.1 Å². The van der Waals surface area contributed by atoms with Crippen molar-refractivity contribution in [3.63, 3.8) is 0 Å². The molecule has 4 nitrogen and oxygen atoms in total. The van der Waals surface area contributed by atoms with Crippen LogP contribution >= 0.6 is 0 Å². The van der Waals surface area contributed by atoms with Crippen LogP contribution in [0.1, 0.15) is 10.4 Å². The summed E-state index contributed by atoms with van der Waals surface area (Å²) in [4.78, 5) is 18.5. The Balaban J connectivity index is 0. The van der Waals surface area contributed by atoms with Crippen molar-refractivity contribution < 1.29 is 71.2 Å². The normalized spacial score (nSPS) is 7.08. The summed E-state index contributed by atoms with van der Waals surface area (Å²) in [5, 5.41) is 15.3. The molecule has 0 spiro atoms. The van der Waals surface area contributed by atoms with Gasteiger partial charge in [-0.2, -0.15) is 0 Å². The Morgan fingerprint density at radius 2 is 1.69 bits per heavy atom. The SMILES string of the molecule is O=C([O-])O.O=Cc1ccccc1.[K+]. The fourth-order valence-corrected chi connectivity index (χ4v) is 0.532. The minimum atomic E-state index is -2.08. The van der Waals surface area contributed by atoms with Crippen LogP contribution in [0.5, 0.6) is 0 Å². The molecule has 1 aromatic carbocycles. The Labute approximate surface area is 118 Å². The molecule has 0 amide bonds. The molecule has 0 saturated carbocycles. The third-order valence-corrected chi connectivity index (χ3v) is 0.936. The van der Waals surface area contributed by atoms with E-state index in [0.29, 0.717) is 0 Å². The van der Waals surface area contributed by atoms with Gasteiger partial charge in [0.15, 0.2) is 0 Å². The van der Waals surface area contributed by atoms with Crippen molar-refractivity contribution in [3.05, 3.63) is 35.9 Å². The molecular formula is C8H7KO4. The predicted octanol–water partition coefficient (Wildman–Crippen LogP) is -2.61. The molecule has 0 fully saturated rings. The molecule has 0 aliphatic carbocycles. The molecular weight excluding hydrogens is 199 g/mol. The topological polar surface area (TPSA) is 77.4 Å². The molecule has 5 heteroatoms. The van der Waals surface area contributed by atoms with E-state index in [1.807, 2.05) is 18.2 Å². The van der Waals surface area contributed by atoms with Crippen LogP contribution in [0.4, 0.5) is 4.79 Å². The largest absolute Gasteiger partial charge is 1.00 e. The maximum absolute atomic E-state index is 10.0. The molecule has 1 aromatic rings. The zero-order valence-electron chi connectivity index (χ0n) is 7.14. The molecule has 0 unspecified atom stereocenters. The van der Waals surface area contributed by atoms with Gasteiger partial charge in [-0.1, -0.05) is 30.3 Å². The molecule has 1 N–H and O–H groups in total. The van der Waals surface area contributed by atoms with Crippen molar-refractivity contribution in [2.45, 2.75) is 0 Å². The average Bonchev–Trinajstić information content (AvgIpc) is 2.05. The summed E-state index contributed by atoms with van der Waals surface area (Å²) in [7, 11) is 0. The van der Waals surface area contributed by atoms with Crippen LogP contribution in [-0.2, 0) is 0 Å². The fraction of sp³-hybridized carbons (Fsp3) is 0. The number of carbonyl (C=O) groups is 2. The zero-order valence-corrected chi connectivity index (χ0v) is 10.3. The Morgan fingerprint density at radius 3 is 1.92 bits per heavy atom. The fourth-order valence-electron chi connectivity index (χ4n) is 0.532. The van der Waals surface area contributed by atoms with Crippen molar-refractivity contribution in [1.29, 1.82) is 0 Å². The second-order valence-corrected chi connectivity index (χ2v) is 1.79. The van der Waals surface area contributed by atoms with Crippen molar-refractivity contribution in [3.8, 4) is 0 Å². The summed E-state index contributed by atoms with van der Waals surface area (Å²) in [5.41, 5.74) is 0.729. The van der Waals surface area contributed by atoms with Gasteiger partial charge in [0.2, 0.25) is 6.16 Å². The number of hydrogen-bond donors (Lipinski definition) is 1. The molecule has 0 radical (unpaired) electrons. The molecule has 1 rings (SSSR count). The van der Waals surface area contributed by atoms with Crippen molar-refractivity contribution in [2.24, 2.45) is 0 Å². The molecule has 64 valence electrons. The standard InChI is InChI=1S/C7H6O.CH2O3.K/c8-6-7-4-2-1-3-5-7;2-1(3)4;/h1-6H;(H2,2,3,4);/q;;+1/p-1. The van der Waals surface area contributed by atoms with Gasteiger partial charge in [0.1, 0.15) is 6.29 Å². The quantitative estimate of drug-likeness (QED) is 0.403. The summed E-state index contributed by atoms with van der Waals surface area (Å²) in [6, 6.07) is 9.10. The first-order valence-electron chi connectivity index (χ1n) is 3.07. The Hall–Kier alpha value is -0.204. The van der Waals surface area contributed by atoms with Crippen LogP contribution in [-0.4, -0.2) is 17.5 Å². The summed E-state index contributed by atoms with van der Waals surface area (Å²) < 4.78 is 0. The summed E-state index contributed by atoms with van der Waals surface area (Å²) in [5.74, 6) is 0. The van der Waals surface area contributed by atoms with E-state index in [9.17, 15) is 4.79 Å². The second kappa shape index (κ2) is 9.88. The number of carboxylic acid groups (broad SMARTS) is 2. The predicted molar refractivity (Wildman–Crippen MR) is 39.9 cm³/mol. The van der Waals surface area contributed by atoms with E-state index in [1.165, 1.54) is 0 Å². The number of aldehydes is 1. The van der Waals surface area contributed by atoms with Gasteiger partial charge in [0.05, 0.1) is 0 Å². The van der Waals surface area contributed by atoms with Gasteiger partial charge in [-0.15, -0.1) is 0 Å². The van der Waals surface area contributed by atoms with E-state index in [4.69, 9.17) is 15.0 Å². The minimum absolute atomic E-state index is 0. The maximum atomic E-state index is 10.0. The van der Waals surface area contributed by atoms with Gasteiger partial charge in [0.25, 0.3) is 0 Å². The van der Waals surface area contributed by atoms with Crippen LogP contribution in [0.2, 0.25) is 0 Å². The molecule has 0 aliphatic heterocycles. The van der Waals surface area contributed by atoms with E-state index >= 15 is 0 Å². The van der Waals surface area contributed by atoms with Crippen LogP contribution in [0.25, 0.3) is 0 Å². The van der Waals surface area contributed by atoms with Gasteiger partial charge in [-0.3, -0.25) is 4.79 Å². The zero-order chi connectivity index (χ0) is 9.40. The first-order chi connectivity index (χ1) is 5.66. The second-order valence-electron chi connectivity index (χ2n) is 1.79. The van der Waals surface area contributed by atoms with Crippen molar-refractivity contribution in [1.82, 2.24) is 0 Å². The molecule has 0 aliphatic rings. The van der Waals surface area contributed by atoms with Crippen molar-refractivity contribution in [2.75, 3.05) is 0 Å². The Kier molecular flexibility index (Phi) is 11.6. The van der Waals surface area contributed by atoms with E-state index < -0.39 is 6.16 Å². The monoisotopic (exact) mass is 206 g/mol. The minimum Gasteiger partial charge on any atom is -0.565 e. The van der Waals surface area contributed by atoms with Crippen molar-refractivity contribution >= 4 is 12.4 Å². The van der Waals surface area contributed by atoms with Gasteiger partial charge < -0.3 is 15.0 Å². The van der Waals surface area contributed by atoms with Gasteiger partial charge >= 0.3 is 51.4 Å². The van der Waals surface area contributed by atoms with E-state index in [2.05, 4.69) is 0 Å². The smallest absolute Gasteiger partial charge is 0.565 e. The summed E-state index contributed by atoms with van der Waals surface area (Å²) in [6.07, 6.45) is -1.25. The van der Waals surface area contributed by atoms with Crippen LogP contribution in [0.15, 0.2) is 30.3 Å². The number of benzene rings is 1. The maximum Gasteiger partial charge on any atom is 1.00 e. The number of hydrogen-bond acceptors (Lipinski definition) is 3. The summed E-state index contributed by atoms with van der Waals surface area (Å²) in [6.45, 7) is 0. The van der Waals surface area contributed by atoms with Gasteiger partial charge in [-0.25, -0.2) is 0 Å². The molecule has 0 bridgehead atoms. The molecule has 0 atom stereocenters. The van der Waals surface area contributed by atoms with Crippen LogP contribution in [0, 0.1) is 0 Å². The van der Waals surface area contributed by atoms with E-state index in [0.717, 1.165) is 11.8 Å². The third-order valence-electron chi connectivity index (χ3n) is 0.936. The van der Waals surface area contributed by atoms with E-state index in [-0.39, 0.29) is 51.4 Å². The Bertz CT molecular complexity index is 244. The molecule has 0 aromatic heterocycles. The average molecular weight is 206 g/mol. The molecule has 0 saturated heterocycles. The summed E-state index contributed by atoms with van der Waals surface area (Å²) >= 11 is 0. The Morgan fingerprint density at radius 1 is 1.31 bits per heavy atom. The van der Waals surface area contributed by atoms with Crippen LogP contribution in [0.3, 0.4) is 0 Å². The van der Waals surface area contributed by atoms with Gasteiger partial charge in [0, 0.05) is 5.56 Å². The molecule has 0 heterocycles.